The zero-order valence-electron chi connectivity index (χ0n) is 14.8. The molecule has 3 aromatic rings. The summed E-state index contributed by atoms with van der Waals surface area (Å²) in [6.07, 6.45) is -0.626. The Labute approximate surface area is 175 Å². The van der Waals surface area contributed by atoms with Crippen LogP contribution in [0.3, 0.4) is 0 Å². The van der Waals surface area contributed by atoms with Crippen molar-refractivity contribution in [3.05, 3.63) is 35.2 Å². The largest absolute Gasteiger partial charge is 0.450 e. The van der Waals surface area contributed by atoms with Crippen LogP contribution in [0.4, 0.5) is 23.8 Å². The van der Waals surface area contributed by atoms with Gasteiger partial charge in [0.15, 0.2) is 21.1 Å². The molecule has 0 saturated heterocycles. The molecule has 8 nitrogen and oxygen atoms in total. The minimum absolute atomic E-state index is 0.0497. The van der Waals surface area contributed by atoms with E-state index in [4.69, 9.17) is 4.74 Å². The molecule has 13 heteroatoms. The van der Waals surface area contributed by atoms with Gasteiger partial charge in [0.2, 0.25) is 11.0 Å². The Hall–Kier alpha value is -2.64. The van der Waals surface area contributed by atoms with E-state index in [1.54, 1.807) is 12.3 Å². The fraction of sp³-hybridized carbons (Fsp3) is 0.188. The van der Waals surface area contributed by atoms with Crippen LogP contribution in [-0.4, -0.2) is 39.5 Å². The second-order valence-corrected chi connectivity index (χ2v) is 8.28. The SMILES string of the molecule is CCOC(=O)Nc1nnc(SCC(=O)Nc2nc(-c3ccc(F)c(F)c3)cs2)s1. The number of rotatable bonds is 7. The molecule has 0 radical (unpaired) electrons. The Kier molecular flexibility index (Phi) is 7.06. The maximum atomic E-state index is 13.3. The summed E-state index contributed by atoms with van der Waals surface area (Å²) in [5, 5.41) is 14.9. The third kappa shape index (κ3) is 5.92. The molecule has 2 heterocycles. The molecule has 3 rings (SSSR count). The second kappa shape index (κ2) is 9.71. The van der Waals surface area contributed by atoms with Crippen LogP contribution in [0.1, 0.15) is 6.92 Å². The summed E-state index contributed by atoms with van der Waals surface area (Å²) in [4.78, 5) is 27.6. The molecule has 0 aliphatic rings. The highest BCUT2D eigenvalue weighted by molar-refractivity contribution is 8.01. The lowest BCUT2D eigenvalue weighted by molar-refractivity contribution is -0.113. The molecular formula is C16H13F2N5O3S3. The molecule has 1 aromatic carbocycles. The average molecular weight is 458 g/mol. The second-order valence-electron chi connectivity index (χ2n) is 5.22. The number of carbonyl (C=O) groups excluding carboxylic acids is 2. The maximum Gasteiger partial charge on any atom is 0.413 e. The van der Waals surface area contributed by atoms with Gasteiger partial charge in [-0.15, -0.1) is 21.5 Å². The summed E-state index contributed by atoms with van der Waals surface area (Å²) < 4.78 is 31.6. The Bertz CT molecular complexity index is 1030. The zero-order chi connectivity index (χ0) is 20.8. The average Bonchev–Trinajstić information content (AvgIpc) is 3.32. The maximum absolute atomic E-state index is 13.3. The predicted octanol–water partition coefficient (Wildman–Crippen LogP) is 4.24. The van der Waals surface area contributed by atoms with E-state index >= 15 is 0 Å². The van der Waals surface area contributed by atoms with Crippen LogP contribution in [0, 0.1) is 11.6 Å². The summed E-state index contributed by atoms with van der Waals surface area (Å²) >= 11 is 3.42. The van der Waals surface area contributed by atoms with Gasteiger partial charge in [0.1, 0.15) is 0 Å². The van der Waals surface area contributed by atoms with E-state index in [-0.39, 0.29) is 23.4 Å². The molecule has 2 N–H and O–H groups in total. The van der Waals surface area contributed by atoms with Gasteiger partial charge >= 0.3 is 6.09 Å². The lowest BCUT2D eigenvalue weighted by atomic mass is 10.2. The van der Waals surface area contributed by atoms with Crippen LogP contribution in [0.5, 0.6) is 0 Å². The molecule has 0 aliphatic heterocycles. The number of hydrogen-bond acceptors (Lipinski definition) is 9. The molecule has 29 heavy (non-hydrogen) atoms. The molecule has 152 valence electrons. The van der Waals surface area contributed by atoms with Crippen LogP contribution in [0.25, 0.3) is 11.3 Å². The van der Waals surface area contributed by atoms with Gasteiger partial charge in [-0.05, 0) is 25.1 Å². The number of anilines is 2. The van der Waals surface area contributed by atoms with E-state index in [9.17, 15) is 18.4 Å². The van der Waals surface area contributed by atoms with Crippen molar-refractivity contribution in [3.63, 3.8) is 0 Å². The van der Waals surface area contributed by atoms with Crippen molar-refractivity contribution in [1.82, 2.24) is 15.2 Å². The molecule has 0 spiro atoms. The molecule has 0 fully saturated rings. The van der Waals surface area contributed by atoms with Gasteiger partial charge in [0.05, 0.1) is 18.1 Å². The zero-order valence-corrected chi connectivity index (χ0v) is 17.2. The van der Waals surface area contributed by atoms with Crippen LogP contribution in [0.2, 0.25) is 0 Å². The first-order valence-electron chi connectivity index (χ1n) is 8.05. The van der Waals surface area contributed by atoms with Crippen LogP contribution >= 0.6 is 34.4 Å². The third-order valence-electron chi connectivity index (χ3n) is 3.18. The molecule has 0 saturated carbocycles. The summed E-state index contributed by atoms with van der Waals surface area (Å²) in [5.41, 5.74) is 0.834. The van der Waals surface area contributed by atoms with Crippen molar-refractivity contribution in [2.45, 2.75) is 11.3 Å². The minimum Gasteiger partial charge on any atom is -0.450 e. The monoisotopic (exact) mass is 457 g/mol. The standard InChI is InChI=1S/C16H13F2N5O3S3/c1-2-26-15(25)21-14-22-23-16(29-14)28-7-12(24)20-13-19-11(6-27-13)8-3-4-9(17)10(18)5-8/h3-6H,2,7H2,1H3,(H,19,20,24)(H,21,22,25). The quantitative estimate of drug-likeness (QED) is 0.404. The molecule has 0 bridgehead atoms. The van der Waals surface area contributed by atoms with Gasteiger partial charge < -0.3 is 10.1 Å². The van der Waals surface area contributed by atoms with Gasteiger partial charge in [-0.3, -0.25) is 10.1 Å². The number of ether oxygens (including phenoxy) is 1. The Balaban J connectivity index is 1.51. The summed E-state index contributed by atoms with van der Waals surface area (Å²) in [6, 6.07) is 3.47. The fourth-order valence-corrected chi connectivity index (χ4v) is 4.25. The van der Waals surface area contributed by atoms with Crippen molar-refractivity contribution in [1.29, 1.82) is 0 Å². The van der Waals surface area contributed by atoms with E-state index in [2.05, 4.69) is 25.8 Å². The third-order valence-corrected chi connectivity index (χ3v) is 5.91. The Morgan fingerprint density at radius 3 is 2.76 bits per heavy atom. The van der Waals surface area contributed by atoms with Gasteiger partial charge in [-0.25, -0.2) is 18.6 Å². The van der Waals surface area contributed by atoms with Crippen LogP contribution in [-0.2, 0) is 9.53 Å². The van der Waals surface area contributed by atoms with Crippen molar-refractivity contribution < 1.29 is 23.1 Å². The number of benzene rings is 1. The number of aromatic nitrogens is 3. The normalized spacial score (nSPS) is 10.6. The first-order chi connectivity index (χ1) is 13.9. The predicted molar refractivity (Wildman–Crippen MR) is 107 cm³/mol. The number of nitrogens with one attached hydrogen (secondary N) is 2. The lowest BCUT2D eigenvalue weighted by Gasteiger charge is -2.00. The smallest absolute Gasteiger partial charge is 0.413 e. The highest BCUT2D eigenvalue weighted by Crippen LogP contribution is 2.28. The number of thioether (sulfide) groups is 1. The van der Waals surface area contributed by atoms with Gasteiger partial charge in [0.25, 0.3) is 0 Å². The first-order valence-corrected chi connectivity index (χ1v) is 10.7. The molecule has 2 amide bonds. The van der Waals surface area contributed by atoms with Crippen molar-refractivity contribution in [3.8, 4) is 11.3 Å². The van der Waals surface area contributed by atoms with Crippen molar-refractivity contribution in [2.75, 3.05) is 23.0 Å². The number of nitrogens with zero attached hydrogens (tertiary/aromatic N) is 3. The molecule has 0 aliphatic carbocycles. The molecule has 0 unspecified atom stereocenters. The van der Waals surface area contributed by atoms with E-state index in [1.165, 1.54) is 6.07 Å². The number of halogens is 2. The van der Waals surface area contributed by atoms with Crippen molar-refractivity contribution in [2.24, 2.45) is 0 Å². The molecule has 2 aromatic heterocycles. The van der Waals surface area contributed by atoms with E-state index in [0.29, 0.717) is 20.7 Å². The lowest BCUT2D eigenvalue weighted by Crippen LogP contribution is -2.13. The number of carbonyl (C=O) groups is 2. The summed E-state index contributed by atoms with van der Waals surface area (Å²) in [6.45, 7) is 1.92. The van der Waals surface area contributed by atoms with Crippen LogP contribution in [0.15, 0.2) is 27.9 Å². The summed E-state index contributed by atoms with van der Waals surface area (Å²) in [7, 11) is 0. The first kappa shape index (κ1) is 21.1. The Morgan fingerprint density at radius 1 is 1.17 bits per heavy atom. The number of thiazole rings is 1. The van der Waals surface area contributed by atoms with Gasteiger partial charge in [-0.2, -0.15) is 0 Å². The van der Waals surface area contributed by atoms with Crippen molar-refractivity contribution >= 4 is 56.7 Å². The van der Waals surface area contributed by atoms with Crippen LogP contribution < -0.4 is 10.6 Å². The van der Waals surface area contributed by atoms with E-state index in [0.717, 1.165) is 46.6 Å². The fourth-order valence-electron chi connectivity index (χ4n) is 1.97. The molecular weight excluding hydrogens is 444 g/mol. The Morgan fingerprint density at radius 2 is 2.00 bits per heavy atom. The van der Waals surface area contributed by atoms with Gasteiger partial charge in [0, 0.05) is 10.9 Å². The van der Waals surface area contributed by atoms with E-state index < -0.39 is 17.7 Å². The van der Waals surface area contributed by atoms with E-state index in [1.807, 2.05) is 0 Å². The minimum atomic E-state index is -0.966. The summed E-state index contributed by atoms with van der Waals surface area (Å²) in [5.74, 6) is -2.18. The number of amides is 2. The highest BCUT2D eigenvalue weighted by atomic mass is 32.2. The molecule has 0 atom stereocenters. The topological polar surface area (TPSA) is 106 Å². The highest BCUT2D eigenvalue weighted by Gasteiger charge is 2.13. The number of hydrogen-bond donors (Lipinski definition) is 2. The van der Waals surface area contributed by atoms with Gasteiger partial charge in [-0.1, -0.05) is 23.1 Å².